The first-order valence-electron chi connectivity index (χ1n) is 8.40. The summed E-state index contributed by atoms with van der Waals surface area (Å²) >= 11 is 0. The Labute approximate surface area is 138 Å². The highest BCUT2D eigenvalue weighted by Gasteiger charge is 2.11. The van der Waals surface area contributed by atoms with Crippen LogP contribution in [-0.4, -0.2) is 13.2 Å². The molecule has 0 amide bonds. The van der Waals surface area contributed by atoms with E-state index in [1.54, 1.807) is 0 Å². The quantitative estimate of drug-likeness (QED) is 0.682. The van der Waals surface area contributed by atoms with Crippen LogP contribution in [0.2, 0.25) is 0 Å². The zero-order chi connectivity index (χ0) is 16.5. The van der Waals surface area contributed by atoms with Crippen molar-refractivity contribution in [2.75, 3.05) is 13.2 Å². The van der Waals surface area contributed by atoms with Gasteiger partial charge in [0.1, 0.15) is 11.6 Å². The predicted octanol–water partition coefficient (Wildman–Crippen LogP) is 4.68. The van der Waals surface area contributed by atoms with Crippen LogP contribution < -0.4 is 10.5 Å². The lowest BCUT2D eigenvalue weighted by atomic mass is 9.92. The number of halogens is 1. The minimum atomic E-state index is -0.216. The molecule has 0 bridgehead atoms. The molecule has 2 rings (SSSR count). The number of ether oxygens (including phenoxy) is 1. The van der Waals surface area contributed by atoms with Crippen LogP contribution in [0.25, 0.3) is 0 Å². The third-order valence-electron chi connectivity index (χ3n) is 4.02. The molecule has 2 aromatic carbocycles. The molecule has 1 atom stereocenters. The molecule has 2 N–H and O–H groups in total. The normalized spacial score (nSPS) is 12.1. The van der Waals surface area contributed by atoms with E-state index in [1.807, 2.05) is 24.3 Å². The third-order valence-corrected chi connectivity index (χ3v) is 4.02. The molecule has 0 fully saturated rings. The topological polar surface area (TPSA) is 35.2 Å². The summed E-state index contributed by atoms with van der Waals surface area (Å²) in [7, 11) is 0. The van der Waals surface area contributed by atoms with E-state index in [0.29, 0.717) is 6.54 Å². The van der Waals surface area contributed by atoms with Gasteiger partial charge in [0.2, 0.25) is 0 Å². The van der Waals surface area contributed by atoms with E-state index in [-0.39, 0.29) is 11.7 Å². The summed E-state index contributed by atoms with van der Waals surface area (Å²) in [6.45, 7) is 3.48. The molecule has 3 heteroatoms. The van der Waals surface area contributed by atoms with Gasteiger partial charge < -0.3 is 10.5 Å². The van der Waals surface area contributed by atoms with Gasteiger partial charge in [-0.25, -0.2) is 4.39 Å². The standard InChI is InChI=1S/C20H26FNO/c1-2-3-4-12-23-20-7-5-6-16(14-20)13-18(15-22)17-8-10-19(21)11-9-17/h5-11,14,18H,2-4,12-13,15,22H2,1H3. The Morgan fingerprint density at radius 1 is 1.09 bits per heavy atom. The largest absolute Gasteiger partial charge is 0.494 e. The van der Waals surface area contributed by atoms with E-state index in [1.165, 1.54) is 30.5 Å². The number of nitrogens with two attached hydrogens (primary N) is 1. The van der Waals surface area contributed by atoms with E-state index < -0.39 is 0 Å². The number of benzene rings is 2. The zero-order valence-electron chi connectivity index (χ0n) is 13.8. The third kappa shape index (κ3) is 5.68. The highest BCUT2D eigenvalue weighted by molar-refractivity contribution is 5.31. The van der Waals surface area contributed by atoms with Gasteiger partial charge in [0.15, 0.2) is 0 Å². The van der Waals surface area contributed by atoms with E-state index >= 15 is 0 Å². The minimum Gasteiger partial charge on any atom is -0.494 e. The van der Waals surface area contributed by atoms with Crippen molar-refractivity contribution in [3.05, 3.63) is 65.5 Å². The Morgan fingerprint density at radius 2 is 1.87 bits per heavy atom. The van der Waals surface area contributed by atoms with Gasteiger partial charge in [0.25, 0.3) is 0 Å². The minimum absolute atomic E-state index is 0.186. The summed E-state index contributed by atoms with van der Waals surface area (Å²) in [6, 6.07) is 14.8. The highest BCUT2D eigenvalue weighted by atomic mass is 19.1. The van der Waals surface area contributed by atoms with Gasteiger partial charge in [0, 0.05) is 5.92 Å². The molecule has 23 heavy (non-hydrogen) atoms. The number of rotatable bonds is 9. The zero-order valence-corrected chi connectivity index (χ0v) is 13.8. The van der Waals surface area contributed by atoms with Gasteiger partial charge in [-0.2, -0.15) is 0 Å². The maximum Gasteiger partial charge on any atom is 0.123 e. The molecular formula is C20H26FNO. The van der Waals surface area contributed by atoms with Crippen molar-refractivity contribution in [2.45, 2.75) is 38.5 Å². The molecule has 0 spiro atoms. The number of hydrogen-bond donors (Lipinski definition) is 1. The second-order valence-electron chi connectivity index (χ2n) is 5.89. The summed E-state index contributed by atoms with van der Waals surface area (Å²) < 4.78 is 18.9. The smallest absolute Gasteiger partial charge is 0.123 e. The molecule has 2 aromatic rings. The van der Waals surface area contributed by atoms with Crippen LogP contribution in [0, 0.1) is 5.82 Å². The molecule has 0 heterocycles. The second kappa shape index (κ2) is 9.31. The van der Waals surface area contributed by atoms with Crippen molar-refractivity contribution in [3.8, 4) is 5.75 Å². The fourth-order valence-electron chi connectivity index (χ4n) is 2.66. The Kier molecular flexibility index (Phi) is 7.08. The Hall–Kier alpha value is -1.87. The van der Waals surface area contributed by atoms with Crippen LogP contribution in [0.15, 0.2) is 48.5 Å². The van der Waals surface area contributed by atoms with Gasteiger partial charge in [-0.3, -0.25) is 0 Å². The molecule has 0 aliphatic carbocycles. The fourth-order valence-corrected chi connectivity index (χ4v) is 2.66. The van der Waals surface area contributed by atoms with Gasteiger partial charge in [-0.05, 0) is 54.8 Å². The van der Waals surface area contributed by atoms with Crippen molar-refractivity contribution in [1.29, 1.82) is 0 Å². The van der Waals surface area contributed by atoms with Crippen molar-refractivity contribution in [1.82, 2.24) is 0 Å². The molecule has 0 aliphatic heterocycles. The first-order valence-corrected chi connectivity index (χ1v) is 8.40. The van der Waals surface area contributed by atoms with E-state index in [0.717, 1.165) is 30.8 Å². The van der Waals surface area contributed by atoms with E-state index in [2.05, 4.69) is 19.1 Å². The summed E-state index contributed by atoms with van der Waals surface area (Å²) in [5, 5.41) is 0. The average molecular weight is 315 g/mol. The Bertz CT molecular complexity index is 582. The predicted molar refractivity (Wildman–Crippen MR) is 93.4 cm³/mol. The summed E-state index contributed by atoms with van der Waals surface area (Å²) in [4.78, 5) is 0. The highest BCUT2D eigenvalue weighted by Crippen LogP contribution is 2.23. The molecule has 0 aliphatic rings. The van der Waals surface area contributed by atoms with Crippen LogP contribution in [0.1, 0.15) is 43.2 Å². The first-order chi connectivity index (χ1) is 11.2. The summed E-state index contributed by atoms with van der Waals surface area (Å²) in [5.41, 5.74) is 8.18. The van der Waals surface area contributed by atoms with Crippen LogP contribution in [0.4, 0.5) is 4.39 Å². The lowest BCUT2D eigenvalue weighted by Gasteiger charge is -2.16. The van der Waals surface area contributed by atoms with E-state index in [4.69, 9.17) is 10.5 Å². The first kappa shape index (κ1) is 17.5. The molecule has 0 radical (unpaired) electrons. The van der Waals surface area contributed by atoms with Crippen LogP contribution in [-0.2, 0) is 6.42 Å². The van der Waals surface area contributed by atoms with Crippen molar-refractivity contribution < 1.29 is 9.13 Å². The summed E-state index contributed by atoms with van der Waals surface area (Å²) in [6.07, 6.45) is 4.30. The Morgan fingerprint density at radius 3 is 2.57 bits per heavy atom. The van der Waals surface area contributed by atoms with Crippen molar-refractivity contribution >= 4 is 0 Å². The van der Waals surface area contributed by atoms with Gasteiger partial charge in [-0.1, -0.05) is 44.0 Å². The molecule has 124 valence electrons. The van der Waals surface area contributed by atoms with Gasteiger partial charge >= 0.3 is 0 Å². The summed E-state index contributed by atoms with van der Waals surface area (Å²) in [5.74, 6) is 0.881. The lowest BCUT2D eigenvalue weighted by molar-refractivity contribution is 0.306. The lowest BCUT2D eigenvalue weighted by Crippen LogP contribution is -2.15. The average Bonchev–Trinajstić information content (AvgIpc) is 2.58. The van der Waals surface area contributed by atoms with Gasteiger partial charge in [-0.15, -0.1) is 0 Å². The second-order valence-corrected chi connectivity index (χ2v) is 5.89. The number of unbranched alkanes of at least 4 members (excludes halogenated alkanes) is 2. The molecule has 0 aromatic heterocycles. The van der Waals surface area contributed by atoms with Crippen LogP contribution in [0.5, 0.6) is 5.75 Å². The van der Waals surface area contributed by atoms with E-state index in [9.17, 15) is 4.39 Å². The Balaban J connectivity index is 1.98. The molecular weight excluding hydrogens is 289 g/mol. The molecule has 0 saturated carbocycles. The fraction of sp³-hybridized carbons (Fsp3) is 0.400. The molecule has 1 unspecified atom stereocenters. The van der Waals surface area contributed by atoms with Crippen molar-refractivity contribution in [2.24, 2.45) is 5.73 Å². The van der Waals surface area contributed by atoms with Crippen molar-refractivity contribution in [3.63, 3.8) is 0 Å². The maximum atomic E-state index is 13.1. The molecule has 2 nitrogen and oxygen atoms in total. The number of hydrogen-bond acceptors (Lipinski definition) is 2. The van der Waals surface area contributed by atoms with Gasteiger partial charge in [0.05, 0.1) is 6.61 Å². The van der Waals surface area contributed by atoms with Crippen LogP contribution in [0.3, 0.4) is 0 Å². The SMILES string of the molecule is CCCCCOc1cccc(CC(CN)c2ccc(F)cc2)c1. The maximum absolute atomic E-state index is 13.1. The molecule has 0 saturated heterocycles. The monoisotopic (exact) mass is 315 g/mol. The van der Waals surface area contributed by atoms with Crippen LogP contribution >= 0.6 is 0 Å².